The summed E-state index contributed by atoms with van der Waals surface area (Å²) in [7, 11) is 3.27. The van der Waals surface area contributed by atoms with E-state index in [1.54, 1.807) is 64.0 Å². The fraction of sp³-hybridized carbons (Fsp3) is 0.692. The highest BCUT2D eigenvalue weighted by atomic mass is 19.1. The van der Waals surface area contributed by atoms with E-state index in [2.05, 4.69) is 10.6 Å². The van der Waals surface area contributed by atoms with E-state index in [1.807, 2.05) is 0 Å². The third-order valence-electron chi connectivity index (χ3n) is 11.0. The summed E-state index contributed by atoms with van der Waals surface area (Å²) in [5.74, 6) is -0.958. The van der Waals surface area contributed by atoms with E-state index in [4.69, 9.17) is 23.4 Å². The standard InChI is InChI=1S/C39H56FN3O9/c1-23(48-5)22-50-37(46)33-20-27-19-28(13-16-32(27)51-33)41-35(44)34-30(24-11-14-29(49-6)15-12-24)17-18-43(34)36(45)26-9-7-25(8-10-26)31(21-40)42-38(47)52-39(2,3)4/h13,16,19-20,23-26,29-31,34H,7-12,14-15,17-18,21-22H2,1-6H3,(H,41,44)(H,42,47)/t23-,24?,25-,26-,29?,30-,31-,34-/m1/s1. The van der Waals surface area contributed by atoms with Gasteiger partial charge in [-0.1, -0.05) is 0 Å². The minimum atomic E-state index is -0.715. The van der Waals surface area contributed by atoms with E-state index in [1.165, 1.54) is 7.11 Å². The quantitative estimate of drug-likeness (QED) is 0.229. The molecule has 2 N–H and O–H groups in total. The van der Waals surface area contributed by atoms with E-state index >= 15 is 0 Å². The highest BCUT2D eigenvalue weighted by molar-refractivity contribution is 6.00. The molecule has 5 rings (SSSR count). The summed E-state index contributed by atoms with van der Waals surface area (Å²) in [6, 6.07) is 5.42. The maximum atomic E-state index is 14.3. The smallest absolute Gasteiger partial charge is 0.407 e. The molecule has 3 aliphatic rings. The van der Waals surface area contributed by atoms with Crippen LogP contribution >= 0.6 is 0 Å². The number of hydrogen-bond donors (Lipinski definition) is 2. The van der Waals surface area contributed by atoms with Crippen molar-refractivity contribution in [3.63, 3.8) is 0 Å². The van der Waals surface area contributed by atoms with Gasteiger partial charge < -0.3 is 38.9 Å². The SMILES string of the molecule is COC1CCC([C@H]2CCN(C(=O)[C@H]3CC[C@H]([C@@H](CF)NC(=O)OC(C)(C)C)CC3)[C@H]2C(=O)Nc2ccc3oc(C(=O)OC[C@@H](C)OC)cc3c2)CC1. The summed E-state index contributed by atoms with van der Waals surface area (Å²) >= 11 is 0. The zero-order valence-corrected chi connectivity index (χ0v) is 31.4. The molecule has 2 aromatic rings. The Labute approximate surface area is 305 Å². The normalized spacial score (nSPS) is 26.4. The van der Waals surface area contributed by atoms with E-state index in [9.17, 15) is 23.6 Å². The number of esters is 1. The van der Waals surface area contributed by atoms with Gasteiger partial charge in [-0.15, -0.1) is 0 Å². The van der Waals surface area contributed by atoms with Gasteiger partial charge in [0.25, 0.3) is 0 Å². The molecule has 0 radical (unpaired) electrons. The second-order valence-electron chi connectivity index (χ2n) is 15.7. The van der Waals surface area contributed by atoms with Gasteiger partial charge in [-0.05, 0) is 128 Å². The van der Waals surface area contributed by atoms with E-state index in [0.717, 1.165) is 32.1 Å². The van der Waals surface area contributed by atoms with Crippen LogP contribution in [0.4, 0.5) is 14.9 Å². The molecule has 52 heavy (non-hydrogen) atoms. The van der Waals surface area contributed by atoms with Gasteiger partial charge in [0.05, 0.1) is 18.2 Å². The third kappa shape index (κ3) is 9.83. The van der Waals surface area contributed by atoms with Crippen molar-refractivity contribution >= 4 is 40.5 Å². The average molecular weight is 730 g/mol. The van der Waals surface area contributed by atoms with Crippen molar-refractivity contribution in [3.05, 3.63) is 30.0 Å². The molecule has 0 bridgehead atoms. The number of hydrogen-bond acceptors (Lipinski definition) is 9. The molecule has 2 aliphatic carbocycles. The van der Waals surface area contributed by atoms with E-state index < -0.39 is 36.4 Å². The van der Waals surface area contributed by atoms with Crippen LogP contribution < -0.4 is 10.6 Å². The molecule has 1 saturated heterocycles. The Balaban J connectivity index is 1.27. The van der Waals surface area contributed by atoms with Crippen LogP contribution in [-0.2, 0) is 28.5 Å². The Morgan fingerprint density at radius 3 is 2.33 bits per heavy atom. The zero-order chi connectivity index (χ0) is 37.6. The molecule has 2 heterocycles. The molecule has 3 fully saturated rings. The summed E-state index contributed by atoms with van der Waals surface area (Å²) in [4.78, 5) is 55.2. The Kier molecular flexibility index (Phi) is 13.2. The van der Waals surface area contributed by atoms with Gasteiger partial charge in [0.2, 0.25) is 17.6 Å². The number of ether oxygens (including phenoxy) is 4. The molecular formula is C39H56FN3O9. The molecule has 4 atom stereocenters. The number of carbonyl (C=O) groups excluding carboxylic acids is 4. The van der Waals surface area contributed by atoms with Gasteiger partial charge in [0.1, 0.15) is 30.5 Å². The molecule has 288 valence electrons. The minimum absolute atomic E-state index is 0.000522. The van der Waals surface area contributed by atoms with Crippen molar-refractivity contribution in [1.29, 1.82) is 0 Å². The lowest BCUT2D eigenvalue weighted by Crippen LogP contribution is -2.50. The maximum absolute atomic E-state index is 14.3. The predicted octanol–water partition coefficient (Wildman–Crippen LogP) is 6.65. The number of fused-ring (bicyclic) bond motifs is 1. The van der Waals surface area contributed by atoms with Crippen LogP contribution in [0.3, 0.4) is 0 Å². The van der Waals surface area contributed by atoms with Crippen LogP contribution in [0.5, 0.6) is 0 Å². The maximum Gasteiger partial charge on any atom is 0.407 e. The molecule has 13 heteroatoms. The van der Waals surface area contributed by atoms with Crippen LogP contribution in [-0.4, -0.2) is 92.7 Å². The first-order valence-electron chi connectivity index (χ1n) is 18.7. The van der Waals surface area contributed by atoms with Crippen molar-refractivity contribution in [2.24, 2.45) is 23.7 Å². The molecule has 3 amide bonds. The van der Waals surface area contributed by atoms with Crippen LogP contribution in [0, 0.1) is 23.7 Å². The number of nitrogens with one attached hydrogen (secondary N) is 2. The average Bonchev–Trinajstić information content (AvgIpc) is 3.77. The number of likely N-dealkylation sites (tertiary alicyclic amines) is 1. The number of methoxy groups -OCH3 is 2. The Hall–Kier alpha value is -3.71. The third-order valence-corrected chi connectivity index (χ3v) is 11.0. The molecule has 1 aromatic heterocycles. The molecule has 2 saturated carbocycles. The van der Waals surface area contributed by atoms with Crippen LogP contribution in [0.2, 0.25) is 0 Å². The summed E-state index contributed by atoms with van der Waals surface area (Å²) in [5, 5.41) is 6.39. The summed E-state index contributed by atoms with van der Waals surface area (Å²) in [5.41, 5.74) is 0.313. The monoisotopic (exact) mass is 729 g/mol. The second kappa shape index (κ2) is 17.4. The fourth-order valence-corrected chi connectivity index (χ4v) is 8.16. The topological polar surface area (TPSA) is 146 Å². The number of alkyl carbamates (subject to hydrolysis) is 1. The number of nitrogens with zero attached hydrogens (tertiary/aromatic N) is 1. The number of rotatable bonds is 12. The first kappa shape index (κ1) is 39.5. The largest absolute Gasteiger partial charge is 0.457 e. The number of benzene rings is 1. The Bertz CT molecular complexity index is 1540. The van der Waals surface area contributed by atoms with Gasteiger partial charge >= 0.3 is 12.1 Å². The summed E-state index contributed by atoms with van der Waals surface area (Å²) in [6.07, 6.45) is 6.02. The first-order chi connectivity index (χ1) is 24.8. The molecular weight excluding hydrogens is 673 g/mol. The van der Waals surface area contributed by atoms with Crippen molar-refractivity contribution in [2.45, 2.75) is 115 Å². The number of carbonyl (C=O) groups is 4. The molecule has 12 nitrogen and oxygen atoms in total. The lowest BCUT2D eigenvalue weighted by Gasteiger charge is -2.38. The number of alkyl halides is 1. The van der Waals surface area contributed by atoms with Gasteiger partial charge in [0, 0.05) is 37.8 Å². The summed E-state index contributed by atoms with van der Waals surface area (Å²) in [6.45, 7) is 6.93. The van der Waals surface area contributed by atoms with Crippen molar-refractivity contribution < 1.29 is 46.9 Å². The van der Waals surface area contributed by atoms with Gasteiger partial charge in [0.15, 0.2) is 0 Å². The molecule has 1 aliphatic heterocycles. The van der Waals surface area contributed by atoms with E-state index in [-0.39, 0.29) is 60.1 Å². The highest BCUT2D eigenvalue weighted by Gasteiger charge is 2.47. The van der Waals surface area contributed by atoms with Crippen LogP contribution in [0.25, 0.3) is 11.0 Å². The number of halogens is 1. The number of furan rings is 1. The second-order valence-corrected chi connectivity index (χ2v) is 15.7. The van der Waals surface area contributed by atoms with Crippen molar-refractivity contribution in [1.82, 2.24) is 10.2 Å². The Morgan fingerprint density at radius 2 is 1.69 bits per heavy atom. The fourth-order valence-electron chi connectivity index (χ4n) is 8.16. The lowest BCUT2D eigenvalue weighted by atomic mass is 9.75. The lowest BCUT2D eigenvalue weighted by molar-refractivity contribution is -0.142. The number of anilines is 1. The Morgan fingerprint density at radius 1 is 0.981 bits per heavy atom. The first-order valence-corrected chi connectivity index (χ1v) is 18.7. The molecule has 0 unspecified atom stereocenters. The number of amides is 3. The van der Waals surface area contributed by atoms with Crippen molar-refractivity contribution in [3.8, 4) is 0 Å². The molecule has 1 aromatic carbocycles. The van der Waals surface area contributed by atoms with Crippen LogP contribution in [0.1, 0.15) is 96.0 Å². The zero-order valence-electron chi connectivity index (χ0n) is 31.4. The molecule has 0 spiro atoms. The highest BCUT2D eigenvalue weighted by Crippen LogP contribution is 2.42. The van der Waals surface area contributed by atoms with Gasteiger partial charge in [-0.25, -0.2) is 14.0 Å². The van der Waals surface area contributed by atoms with E-state index in [0.29, 0.717) is 48.9 Å². The minimum Gasteiger partial charge on any atom is -0.457 e. The van der Waals surface area contributed by atoms with Crippen molar-refractivity contribution in [2.75, 3.05) is 39.4 Å². The predicted molar refractivity (Wildman–Crippen MR) is 193 cm³/mol. The van der Waals surface area contributed by atoms with Gasteiger partial charge in [-0.2, -0.15) is 0 Å². The summed E-state index contributed by atoms with van der Waals surface area (Å²) < 4.78 is 41.2. The van der Waals surface area contributed by atoms with Gasteiger partial charge in [-0.3, -0.25) is 9.59 Å². The van der Waals surface area contributed by atoms with Crippen LogP contribution in [0.15, 0.2) is 28.7 Å².